The molecule has 0 aliphatic heterocycles. The average molecular weight is 275 g/mol. The van der Waals surface area contributed by atoms with E-state index in [4.69, 9.17) is 5.73 Å². The fourth-order valence-electron chi connectivity index (χ4n) is 2.49. The smallest absolute Gasteiger partial charge is 0.132 e. The lowest BCUT2D eigenvalue weighted by Crippen LogP contribution is -2.19. The second-order valence-corrected chi connectivity index (χ2v) is 5.66. The first-order chi connectivity index (χ1) is 9.60. The Morgan fingerprint density at radius 3 is 2.70 bits per heavy atom. The van der Waals surface area contributed by atoms with Gasteiger partial charge in [0.15, 0.2) is 0 Å². The van der Waals surface area contributed by atoms with Crippen molar-refractivity contribution in [2.75, 3.05) is 6.54 Å². The highest BCUT2D eigenvalue weighted by atomic mass is 19.1. The minimum absolute atomic E-state index is 0.236. The summed E-state index contributed by atoms with van der Waals surface area (Å²) in [6.07, 6.45) is 3.58. The lowest BCUT2D eigenvalue weighted by atomic mass is 9.94. The van der Waals surface area contributed by atoms with Crippen LogP contribution in [0, 0.1) is 17.7 Å². The topological polar surface area (TPSA) is 54.7 Å². The van der Waals surface area contributed by atoms with E-state index >= 15 is 0 Å². The molecule has 0 saturated heterocycles. The molecule has 2 rings (SSSR count). The number of imidazole rings is 1. The van der Waals surface area contributed by atoms with Gasteiger partial charge in [0.05, 0.1) is 11.9 Å². The van der Waals surface area contributed by atoms with E-state index in [1.165, 1.54) is 6.07 Å². The Morgan fingerprint density at radius 2 is 2.05 bits per heavy atom. The zero-order valence-corrected chi connectivity index (χ0v) is 12.1. The van der Waals surface area contributed by atoms with Crippen LogP contribution in [0.25, 0.3) is 11.3 Å². The Balaban J connectivity index is 2.11. The first-order valence-electron chi connectivity index (χ1n) is 7.09. The number of benzene rings is 1. The molecular weight excluding hydrogens is 253 g/mol. The van der Waals surface area contributed by atoms with E-state index < -0.39 is 0 Å². The predicted molar refractivity (Wildman–Crippen MR) is 79.7 cm³/mol. The molecule has 0 spiro atoms. The number of halogens is 1. The number of H-pyrrole nitrogens is 1. The molecule has 1 aromatic heterocycles. The molecule has 1 heterocycles. The van der Waals surface area contributed by atoms with Crippen LogP contribution in [0.2, 0.25) is 0 Å². The van der Waals surface area contributed by atoms with Crippen molar-refractivity contribution in [1.29, 1.82) is 0 Å². The Bertz CT molecular complexity index is 548. The van der Waals surface area contributed by atoms with E-state index in [9.17, 15) is 4.39 Å². The van der Waals surface area contributed by atoms with Gasteiger partial charge in [0, 0.05) is 12.0 Å². The third-order valence-corrected chi connectivity index (χ3v) is 3.41. The molecule has 0 radical (unpaired) electrons. The van der Waals surface area contributed by atoms with Gasteiger partial charge in [-0.15, -0.1) is 0 Å². The fourth-order valence-corrected chi connectivity index (χ4v) is 2.49. The number of nitrogens with one attached hydrogen (secondary N) is 1. The van der Waals surface area contributed by atoms with Crippen LogP contribution in [0.15, 0.2) is 30.5 Å². The third-order valence-electron chi connectivity index (χ3n) is 3.41. The van der Waals surface area contributed by atoms with E-state index in [0.29, 0.717) is 23.9 Å². The quantitative estimate of drug-likeness (QED) is 0.849. The van der Waals surface area contributed by atoms with Gasteiger partial charge in [-0.1, -0.05) is 26.0 Å². The number of aromatic amines is 1. The highest BCUT2D eigenvalue weighted by molar-refractivity contribution is 5.59. The van der Waals surface area contributed by atoms with E-state index in [0.717, 1.165) is 24.4 Å². The number of hydrogen-bond acceptors (Lipinski definition) is 2. The maximum atomic E-state index is 13.7. The highest BCUT2D eigenvalue weighted by Gasteiger charge is 2.13. The number of nitrogens with two attached hydrogens (primary N) is 1. The SMILES string of the molecule is CC(C)CC(CN)Cc1ncc(-c2ccccc2F)[nH]1. The molecule has 3 N–H and O–H groups in total. The molecule has 2 aromatic rings. The molecule has 0 aliphatic carbocycles. The molecule has 20 heavy (non-hydrogen) atoms. The first kappa shape index (κ1) is 14.7. The molecule has 0 aliphatic rings. The van der Waals surface area contributed by atoms with Gasteiger partial charge in [-0.05, 0) is 36.9 Å². The zero-order chi connectivity index (χ0) is 14.5. The molecule has 1 atom stereocenters. The van der Waals surface area contributed by atoms with Crippen molar-refractivity contribution in [1.82, 2.24) is 9.97 Å². The van der Waals surface area contributed by atoms with Crippen molar-refractivity contribution >= 4 is 0 Å². The summed E-state index contributed by atoms with van der Waals surface area (Å²) in [5.41, 5.74) is 7.09. The Labute approximate surface area is 119 Å². The summed E-state index contributed by atoms with van der Waals surface area (Å²) in [5, 5.41) is 0. The molecule has 1 aromatic carbocycles. The summed E-state index contributed by atoms with van der Waals surface area (Å²) in [5.74, 6) is 1.67. The van der Waals surface area contributed by atoms with Crippen LogP contribution < -0.4 is 5.73 Å². The van der Waals surface area contributed by atoms with Crippen molar-refractivity contribution in [3.05, 3.63) is 42.1 Å². The molecule has 0 bridgehead atoms. The predicted octanol–water partition coefficient (Wildman–Crippen LogP) is 3.38. The normalized spacial score (nSPS) is 12.8. The summed E-state index contributed by atoms with van der Waals surface area (Å²) in [6, 6.07) is 6.71. The van der Waals surface area contributed by atoms with Gasteiger partial charge in [-0.2, -0.15) is 0 Å². The lowest BCUT2D eigenvalue weighted by molar-refractivity contribution is 0.409. The van der Waals surface area contributed by atoms with Gasteiger partial charge in [0.2, 0.25) is 0 Å². The molecular formula is C16H22FN3. The Morgan fingerprint density at radius 1 is 1.30 bits per heavy atom. The Kier molecular flexibility index (Phi) is 4.90. The van der Waals surface area contributed by atoms with Crippen LogP contribution in [-0.4, -0.2) is 16.5 Å². The van der Waals surface area contributed by atoms with Crippen LogP contribution in [0.5, 0.6) is 0 Å². The minimum atomic E-state index is -0.236. The zero-order valence-electron chi connectivity index (χ0n) is 12.1. The van der Waals surface area contributed by atoms with Crippen molar-refractivity contribution in [3.63, 3.8) is 0 Å². The van der Waals surface area contributed by atoms with Crippen LogP contribution in [0.3, 0.4) is 0 Å². The minimum Gasteiger partial charge on any atom is -0.342 e. The van der Waals surface area contributed by atoms with Gasteiger partial charge in [-0.25, -0.2) is 9.37 Å². The van der Waals surface area contributed by atoms with Gasteiger partial charge in [-0.3, -0.25) is 0 Å². The van der Waals surface area contributed by atoms with E-state index in [1.807, 2.05) is 6.07 Å². The standard InChI is InChI=1S/C16H22FN3/c1-11(2)7-12(9-18)8-16-19-10-15(20-16)13-5-3-4-6-14(13)17/h3-6,10-12H,7-9,18H2,1-2H3,(H,19,20). The van der Waals surface area contributed by atoms with Crippen LogP contribution >= 0.6 is 0 Å². The molecule has 0 saturated carbocycles. The van der Waals surface area contributed by atoms with Gasteiger partial charge < -0.3 is 10.7 Å². The summed E-state index contributed by atoms with van der Waals surface area (Å²) >= 11 is 0. The molecule has 3 nitrogen and oxygen atoms in total. The fraction of sp³-hybridized carbons (Fsp3) is 0.438. The van der Waals surface area contributed by atoms with E-state index in [-0.39, 0.29) is 5.82 Å². The van der Waals surface area contributed by atoms with Crippen molar-refractivity contribution in [2.24, 2.45) is 17.6 Å². The lowest BCUT2D eigenvalue weighted by Gasteiger charge is -2.15. The van der Waals surface area contributed by atoms with Crippen LogP contribution in [-0.2, 0) is 6.42 Å². The average Bonchev–Trinajstić information content (AvgIpc) is 2.86. The van der Waals surface area contributed by atoms with Crippen LogP contribution in [0.4, 0.5) is 4.39 Å². The second-order valence-electron chi connectivity index (χ2n) is 5.66. The highest BCUT2D eigenvalue weighted by Crippen LogP contribution is 2.22. The number of nitrogens with zero attached hydrogens (tertiary/aromatic N) is 1. The molecule has 108 valence electrons. The molecule has 0 fully saturated rings. The third kappa shape index (κ3) is 3.67. The van der Waals surface area contributed by atoms with Crippen molar-refractivity contribution in [3.8, 4) is 11.3 Å². The van der Waals surface area contributed by atoms with Crippen LogP contribution in [0.1, 0.15) is 26.1 Å². The molecule has 1 unspecified atom stereocenters. The first-order valence-corrected chi connectivity index (χ1v) is 7.09. The summed E-state index contributed by atoms with van der Waals surface area (Å²) in [7, 11) is 0. The van der Waals surface area contributed by atoms with E-state index in [1.54, 1.807) is 18.3 Å². The summed E-state index contributed by atoms with van der Waals surface area (Å²) in [4.78, 5) is 7.55. The van der Waals surface area contributed by atoms with Crippen molar-refractivity contribution in [2.45, 2.75) is 26.7 Å². The maximum absolute atomic E-state index is 13.7. The van der Waals surface area contributed by atoms with Gasteiger partial charge >= 0.3 is 0 Å². The monoisotopic (exact) mass is 275 g/mol. The molecule has 4 heteroatoms. The van der Waals surface area contributed by atoms with E-state index in [2.05, 4.69) is 23.8 Å². The number of hydrogen-bond donors (Lipinski definition) is 2. The largest absolute Gasteiger partial charge is 0.342 e. The summed E-state index contributed by atoms with van der Waals surface area (Å²) in [6.45, 7) is 5.03. The van der Waals surface area contributed by atoms with Gasteiger partial charge in [0.25, 0.3) is 0 Å². The summed E-state index contributed by atoms with van der Waals surface area (Å²) < 4.78 is 13.7. The maximum Gasteiger partial charge on any atom is 0.132 e. The second kappa shape index (κ2) is 6.66. The molecule has 0 amide bonds. The number of rotatable bonds is 6. The van der Waals surface area contributed by atoms with Gasteiger partial charge in [0.1, 0.15) is 11.6 Å². The van der Waals surface area contributed by atoms with Crippen molar-refractivity contribution < 1.29 is 4.39 Å². The number of aromatic nitrogens is 2. The Hall–Kier alpha value is -1.68.